The maximum Gasteiger partial charge on any atom is 0.341 e. The van der Waals surface area contributed by atoms with Crippen molar-refractivity contribution in [1.82, 2.24) is 0 Å². The second kappa shape index (κ2) is 9.63. The summed E-state index contributed by atoms with van der Waals surface area (Å²) in [4.78, 5) is 25.9. The molecule has 1 N–H and O–H groups in total. The molecule has 0 saturated carbocycles. The fourth-order valence-electron chi connectivity index (χ4n) is 3.54. The van der Waals surface area contributed by atoms with Crippen LogP contribution < -0.4 is 10.1 Å². The van der Waals surface area contributed by atoms with E-state index in [1.165, 1.54) is 23.3 Å². The van der Waals surface area contributed by atoms with E-state index in [9.17, 15) is 9.59 Å². The Labute approximate surface area is 180 Å². The largest absolute Gasteiger partial charge is 0.493 e. The standard InChI is InChI=1S/C22H26ClNO4S/c1-13-6-8-16-18(11-13)29-21(20(16)22(26)27-3)24-19(25)5-4-10-28-17-9-7-15(23)12-14(17)2/h7,9,12-13H,4-6,8,10-11H2,1-3H3,(H,24,25)/t13-/m1/s1. The molecule has 2 aromatic rings. The van der Waals surface area contributed by atoms with Gasteiger partial charge >= 0.3 is 5.97 Å². The Morgan fingerprint density at radius 2 is 2.14 bits per heavy atom. The molecular weight excluding hydrogens is 410 g/mol. The Balaban J connectivity index is 1.58. The first kappa shape index (κ1) is 21.7. The summed E-state index contributed by atoms with van der Waals surface area (Å²) in [5.74, 6) is 0.846. The number of benzene rings is 1. The number of rotatable bonds is 7. The smallest absolute Gasteiger partial charge is 0.341 e. The number of carbonyl (C=O) groups excluding carboxylic acids is 2. The second-order valence-corrected chi connectivity index (χ2v) is 9.00. The van der Waals surface area contributed by atoms with Crippen LogP contribution in [0, 0.1) is 12.8 Å². The summed E-state index contributed by atoms with van der Waals surface area (Å²) in [6.45, 7) is 4.57. The van der Waals surface area contributed by atoms with Gasteiger partial charge in [0.25, 0.3) is 0 Å². The van der Waals surface area contributed by atoms with Crippen LogP contribution in [0.15, 0.2) is 18.2 Å². The molecule has 7 heteroatoms. The third-order valence-corrected chi connectivity index (χ3v) is 6.50. The number of nitrogens with one attached hydrogen (secondary N) is 1. The Bertz CT molecular complexity index is 908. The molecule has 0 aliphatic heterocycles. The number of aryl methyl sites for hydroxylation is 1. The summed E-state index contributed by atoms with van der Waals surface area (Å²) < 4.78 is 10.7. The summed E-state index contributed by atoms with van der Waals surface area (Å²) in [7, 11) is 1.37. The molecule has 1 aliphatic carbocycles. The minimum atomic E-state index is -0.381. The lowest BCUT2D eigenvalue weighted by molar-refractivity contribution is -0.116. The minimum Gasteiger partial charge on any atom is -0.493 e. The normalized spacial score (nSPS) is 15.5. The Kier molecular flexibility index (Phi) is 7.19. The molecule has 1 aromatic carbocycles. The Hall–Kier alpha value is -2.05. The highest BCUT2D eigenvalue weighted by Crippen LogP contribution is 2.40. The number of hydrogen-bond donors (Lipinski definition) is 1. The van der Waals surface area contributed by atoms with E-state index in [1.54, 1.807) is 6.07 Å². The van der Waals surface area contributed by atoms with Crippen molar-refractivity contribution < 1.29 is 19.1 Å². The fourth-order valence-corrected chi connectivity index (χ4v) is 5.18. The van der Waals surface area contributed by atoms with Gasteiger partial charge in [0.2, 0.25) is 5.91 Å². The highest BCUT2D eigenvalue weighted by molar-refractivity contribution is 7.17. The van der Waals surface area contributed by atoms with Gasteiger partial charge in [-0.2, -0.15) is 0 Å². The van der Waals surface area contributed by atoms with Gasteiger partial charge in [-0.3, -0.25) is 4.79 Å². The molecule has 0 unspecified atom stereocenters. The summed E-state index contributed by atoms with van der Waals surface area (Å²) in [6.07, 6.45) is 3.72. The Morgan fingerprint density at radius 1 is 1.34 bits per heavy atom. The van der Waals surface area contributed by atoms with Crippen molar-refractivity contribution >= 4 is 39.8 Å². The zero-order valence-electron chi connectivity index (χ0n) is 17.0. The number of amides is 1. The number of carbonyl (C=O) groups is 2. The molecule has 1 amide bonds. The number of methoxy groups -OCH3 is 1. The molecule has 0 radical (unpaired) electrons. The van der Waals surface area contributed by atoms with Crippen LogP contribution in [0.5, 0.6) is 5.75 Å². The first-order chi connectivity index (χ1) is 13.9. The average Bonchev–Trinajstić information content (AvgIpc) is 3.02. The maximum absolute atomic E-state index is 12.4. The van der Waals surface area contributed by atoms with E-state index in [2.05, 4.69) is 12.2 Å². The fraction of sp³-hybridized carbons (Fsp3) is 0.455. The van der Waals surface area contributed by atoms with Crippen molar-refractivity contribution in [1.29, 1.82) is 0 Å². The molecule has 5 nitrogen and oxygen atoms in total. The summed E-state index contributed by atoms with van der Waals surface area (Å²) in [5.41, 5.74) is 2.53. The molecule has 1 atom stereocenters. The predicted octanol–water partition coefficient (Wildman–Crippen LogP) is 5.42. The average molecular weight is 436 g/mol. The number of thiophene rings is 1. The first-order valence-electron chi connectivity index (χ1n) is 9.80. The second-order valence-electron chi connectivity index (χ2n) is 7.46. The Morgan fingerprint density at radius 3 is 2.86 bits per heavy atom. The van der Waals surface area contributed by atoms with Crippen LogP contribution >= 0.6 is 22.9 Å². The zero-order valence-corrected chi connectivity index (χ0v) is 18.5. The van der Waals surface area contributed by atoms with Crippen LogP contribution in [-0.4, -0.2) is 25.6 Å². The van der Waals surface area contributed by atoms with E-state index in [0.717, 1.165) is 36.1 Å². The molecule has 1 aromatic heterocycles. The molecule has 1 heterocycles. The van der Waals surface area contributed by atoms with Gasteiger partial charge in [0.05, 0.1) is 19.3 Å². The summed E-state index contributed by atoms with van der Waals surface area (Å²) in [6, 6.07) is 5.46. The zero-order chi connectivity index (χ0) is 21.0. The van der Waals surface area contributed by atoms with Gasteiger partial charge in [-0.15, -0.1) is 11.3 Å². The molecule has 29 heavy (non-hydrogen) atoms. The highest BCUT2D eigenvalue weighted by Gasteiger charge is 2.28. The number of anilines is 1. The summed E-state index contributed by atoms with van der Waals surface area (Å²) in [5, 5.41) is 4.20. The quantitative estimate of drug-likeness (QED) is 0.466. The van der Waals surface area contributed by atoms with Crippen LogP contribution in [0.4, 0.5) is 5.00 Å². The number of esters is 1. The minimum absolute atomic E-state index is 0.127. The molecule has 1 aliphatic rings. The van der Waals surface area contributed by atoms with E-state index in [-0.39, 0.29) is 11.9 Å². The molecule has 0 spiro atoms. The highest BCUT2D eigenvalue weighted by atomic mass is 35.5. The van der Waals surface area contributed by atoms with Gasteiger partial charge in [-0.25, -0.2) is 4.79 Å². The number of ether oxygens (including phenoxy) is 2. The lowest BCUT2D eigenvalue weighted by Gasteiger charge is -2.18. The predicted molar refractivity (Wildman–Crippen MR) is 116 cm³/mol. The summed E-state index contributed by atoms with van der Waals surface area (Å²) >= 11 is 7.45. The van der Waals surface area contributed by atoms with Crippen LogP contribution in [0.1, 0.15) is 52.5 Å². The van der Waals surface area contributed by atoms with Gasteiger partial charge < -0.3 is 14.8 Å². The third-order valence-electron chi connectivity index (χ3n) is 5.10. The molecular formula is C22H26ClNO4S. The lowest BCUT2D eigenvalue weighted by atomic mass is 9.88. The van der Waals surface area contributed by atoms with Crippen molar-refractivity contribution in [2.24, 2.45) is 5.92 Å². The van der Waals surface area contributed by atoms with E-state index >= 15 is 0 Å². The molecule has 0 fully saturated rings. The number of halogens is 1. The van der Waals surface area contributed by atoms with E-state index < -0.39 is 0 Å². The van der Waals surface area contributed by atoms with Gasteiger partial charge in [-0.1, -0.05) is 18.5 Å². The third kappa shape index (κ3) is 5.31. The molecule has 156 valence electrons. The van der Waals surface area contributed by atoms with Gasteiger partial charge in [-0.05, 0) is 67.9 Å². The lowest BCUT2D eigenvalue weighted by Crippen LogP contribution is -2.16. The van der Waals surface area contributed by atoms with Gasteiger partial charge in [0.15, 0.2) is 0 Å². The van der Waals surface area contributed by atoms with E-state index in [4.69, 9.17) is 21.1 Å². The SMILES string of the molecule is COC(=O)c1c(NC(=O)CCCOc2ccc(Cl)cc2C)sc2c1CC[C@@H](C)C2. The van der Waals surface area contributed by atoms with Crippen LogP contribution in [0.25, 0.3) is 0 Å². The van der Waals surface area contributed by atoms with Crippen molar-refractivity contribution in [3.8, 4) is 5.75 Å². The molecule has 0 saturated heterocycles. The van der Waals surface area contributed by atoms with Gasteiger partial charge in [0, 0.05) is 16.3 Å². The van der Waals surface area contributed by atoms with Crippen LogP contribution in [0.3, 0.4) is 0 Å². The monoisotopic (exact) mass is 435 g/mol. The van der Waals surface area contributed by atoms with E-state index in [1.807, 2.05) is 19.1 Å². The van der Waals surface area contributed by atoms with Crippen molar-refractivity contribution in [2.45, 2.75) is 46.0 Å². The molecule has 3 rings (SSSR count). The van der Waals surface area contributed by atoms with Crippen molar-refractivity contribution in [3.63, 3.8) is 0 Å². The van der Waals surface area contributed by atoms with Gasteiger partial charge in [0.1, 0.15) is 10.8 Å². The van der Waals surface area contributed by atoms with Crippen LogP contribution in [-0.2, 0) is 22.4 Å². The van der Waals surface area contributed by atoms with Crippen molar-refractivity contribution in [2.75, 3.05) is 19.0 Å². The number of hydrogen-bond acceptors (Lipinski definition) is 5. The topological polar surface area (TPSA) is 64.6 Å². The number of fused-ring (bicyclic) bond motifs is 1. The van der Waals surface area contributed by atoms with E-state index in [0.29, 0.717) is 41.0 Å². The maximum atomic E-state index is 12.4. The first-order valence-corrected chi connectivity index (χ1v) is 11.0. The molecule has 0 bridgehead atoms. The van der Waals surface area contributed by atoms with Crippen LogP contribution in [0.2, 0.25) is 5.02 Å². The van der Waals surface area contributed by atoms with Crippen molar-refractivity contribution in [3.05, 3.63) is 44.8 Å².